The fraction of sp³-hybridized carbons (Fsp3) is 0.400. The summed E-state index contributed by atoms with van der Waals surface area (Å²) in [6, 6.07) is 7.44. The molecule has 1 aromatic carbocycles. The van der Waals surface area contributed by atoms with E-state index >= 15 is 0 Å². The topological polar surface area (TPSA) is 76.7 Å². The van der Waals surface area contributed by atoms with Crippen molar-refractivity contribution in [1.82, 2.24) is 5.32 Å². The van der Waals surface area contributed by atoms with Crippen LogP contribution in [-0.2, 0) is 11.3 Å². The zero-order valence-electron chi connectivity index (χ0n) is 15.8. The lowest BCUT2D eigenvalue weighted by molar-refractivity contribution is -0.117. The molecule has 3 rings (SSSR count). The van der Waals surface area contributed by atoms with Crippen LogP contribution >= 0.6 is 11.3 Å². The molecule has 1 heterocycles. The first-order valence-electron chi connectivity index (χ1n) is 9.01. The standard InChI is InChI=1S/C20H24N2O4S/c1-4-26-15-8-5-13(10-16(15)25-3)11-21-20(24)18-12(2)9-17(27-18)22-19(23)14-6-7-14/h5,8-10,14H,4,6-7,11H2,1-3H3,(H,21,24)(H,22,23). The van der Waals surface area contributed by atoms with Crippen molar-refractivity contribution in [3.63, 3.8) is 0 Å². The number of thiophene rings is 1. The van der Waals surface area contributed by atoms with Gasteiger partial charge in [-0.2, -0.15) is 0 Å². The van der Waals surface area contributed by atoms with E-state index in [1.807, 2.05) is 38.1 Å². The first kappa shape index (κ1) is 19.2. The predicted octanol–water partition coefficient (Wildman–Crippen LogP) is 3.74. The van der Waals surface area contributed by atoms with Gasteiger partial charge in [-0.05, 0) is 56.0 Å². The zero-order chi connectivity index (χ0) is 19.4. The molecule has 0 spiro atoms. The Morgan fingerprint density at radius 3 is 2.67 bits per heavy atom. The molecule has 2 N–H and O–H groups in total. The van der Waals surface area contributed by atoms with Crippen LogP contribution in [0.4, 0.5) is 5.00 Å². The van der Waals surface area contributed by atoms with Crippen LogP contribution in [-0.4, -0.2) is 25.5 Å². The van der Waals surface area contributed by atoms with Gasteiger partial charge in [0.2, 0.25) is 5.91 Å². The molecule has 6 nitrogen and oxygen atoms in total. The number of ether oxygens (including phenoxy) is 2. The second-order valence-corrected chi connectivity index (χ2v) is 7.54. The third-order valence-corrected chi connectivity index (χ3v) is 5.45. The Hall–Kier alpha value is -2.54. The fourth-order valence-corrected chi connectivity index (χ4v) is 3.69. The molecule has 0 radical (unpaired) electrons. The van der Waals surface area contributed by atoms with Gasteiger partial charge in [0.15, 0.2) is 11.5 Å². The van der Waals surface area contributed by atoms with Gasteiger partial charge in [0.25, 0.3) is 5.91 Å². The third kappa shape index (κ3) is 4.80. The fourth-order valence-electron chi connectivity index (χ4n) is 2.70. The van der Waals surface area contributed by atoms with Crippen LogP contribution in [0.3, 0.4) is 0 Å². The molecular weight excluding hydrogens is 364 g/mol. The van der Waals surface area contributed by atoms with Crippen LogP contribution in [0.15, 0.2) is 24.3 Å². The molecular formula is C20H24N2O4S. The molecule has 7 heteroatoms. The number of rotatable bonds is 8. The molecule has 2 aromatic rings. The van der Waals surface area contributed by atoms with Gasteiger partial charge in [0.05, 0.1) is 23.6 Å². The molecule has 0 unspecified atom stereocenters. The minimum atomic E-state index is -0.155. The lowest BCUT2D eigenvalue weighted by Crippen LogP contribution is -2.22. The lowest BCUT2D eigenvalue weighted by Gasteiger charge is -2.11. The van der Waals surface area contributed by atoms with Gasteiger partial charge in [0, 0.05) is 12.5 Å². The minimum absolute atomic E-state index is 0.0460. The molecule has 0 aliphatic heterocycles. The van der Waals surface area contributed by atoms with E-state index < -0.39 is 0 Å². The molecule has 0 atom stereocenters. The Kier molecular flexibility index (Phi) is 6.01. The Morgan fingerprint density at radius 1 is 1.22 bits per heavy atom. The molecule has 144 valence electrons. The summed E-state index contributed by atoms with van der Waals surface area (Å²) in [6.45, 7) is 4.72. The highest BCUT2D eigenvalue weighted by Gasteiger charge is 2.30. The smallest absolute Gasteiger partial charge is 0.261 e. The Bertz CT molecular complexity index is 843. The monoisotopic (exact) mass is 388 g/mol. The first-order valence-corrected chi connectivity index (χ1v) is 9.82. The molecule has 0 saturated heterocycles. The van der Waals surface area contributed by atoms with Gasteiger partial charge in [-0.1, -0.05) is 6.07 Å². The van der Waals surface area contributed by atoms with Crippen LogP contribution in [0.2, 0.25) is 0 Å². The van der Waals surface area contributed by atoms with Crippen LogP contribution in [0.1, 0.15) is 40.6 Å². The highest BCUT2D eigenvalue weighted by Crippen LogP contribution is 2.33. The molecule has 2 amide bonds. The van der Waals surface area contributed by atoms with Gasteiger partial charge in [0.1, 0.15) is 0 Å². The maximum absolute atomic E-state index is 12.5. The highest BCUT2D eigenvalue weighted by molar-refractivity contribution is 7.18. The number of benzene rings is 1. The summed E-state index contributed by atoms with van der Waals surface area (Å²) in [6.07, 6.45) is 1.91. The van der Waals surface area contributed by atoms with E-state index in [4.69, 9.17) is 9.47 Å². The summed E-state index contributed by atoms with van der Waals surface area (Å²) in [4.78, 5) is 25.0. The first-order chi connectivity index (χ1) is 13.0. The third-order valence-electron chi connectivity index (χ3n) is 4.30. The largest absolute Gasteiger partial charge is 0.493 e. The predicted molar refractivity (Wildman–Crippen MR) is 106 cm³/mol. The number of amides is 2. The second kappa shape index (κ2) is 8.43. The SMILES string of the molecule is CCOc1ccc(CNC(=O)c2sc(NC(=O)C3CC3)cc2C)cc1OC. The van der Waals surface area contributed by atoms with Crippen molar-refractivity contribution in [2.24, 2.45) is 5.92 Å². The maximum atomic E-state index is 12.5. The van der Waals surface area contributed by atoms with Gasteiger partial charge in [-0.25, -0.2) is 0 Å². The lowest BCUT2D eigenvalue weighted by atomic mass is 10.2. The summed E-state index contributed by atoms with van der Waals surface area (Å²) < 4.78 is 10.8. The average molecular weight is 388 g/mol. The van der Waals surface area contributed by atoms with E-state index in [1.165, 1.54) is 11.3 Å². The number of anilines is 1. The number of carbonyl (C=O) groups excluding carboxylic acids is 2. The zero-order valence-corrected chi connectivity index (χ0v) is 16.6. The van der Waals surface area contributed by atoms with Crippen molar-refractivity contribution in [2.45, 2.75) is 33.2 Å². The van der Waals surface area contributed by atoms with E-state index in [0.717, 1.165) is 29.0 Å². The second-order valence-electron chi connectivity index (χ2n) is 6.49. The van der Waals surface area contributed by atoms with Crippen LogP contribution in [0.5, 0.6) is 11.5 Å². The Labute approximate surface area is 162 Å². The maximum Gasteiger partial charge on any atom is 0.261 e. The highest BCUT2D eigenvalue weighted by atomic mass is 32.1. The summed E-state index contributed by atoms with van der Waals surface area (Å²) >= 11 is 1.30. The van der Waals surface area contributed by atoms with Crippen molar-refractivity contribution in [3.8, 4) is 11.5 Å². The van der Waals surface area contributed by atoms with Crippen molar-refractivity contribution in [1.29, 1.82) is 0 Å². The molecule has 0 bridgehead atoms. The van der Waals surface area contributed by atoms with Crippen molar-refractivity contribution < 1.29 is 19.1 Å². The van der Waals surface area contributed by atoms with Gasteiger partial charge < -0.3 is 20.1 Å². The number of hydrogen-bond acceptors (Lipinski definition) is 5. The van der Waals surface area contributed by atoms with Crippen LogP contribution < -0.4 is 20.1 Å². The molecule has 1 saturated carbocycles. The van der Waals surface area contributed by atoms with Gasteiger partial charge in [-0.3, -0.25) is 9.59 Å². The molecule has 27 heavy (non-hydrogen) atoms. The van der Waals surface area contributed by atoms with Crippen molar-refractivity contribution >= 4 is 28.2 Å². The quantitative estimate of drug-likeness (QED) is 0.722. The molecule has 1 aliphatic rings. The van der Waals surface area contributed by atoms with E-state index in [-0.39, 0.29) is 17.7 Å². The van der Waals surface area contributed by atoms with Crippen LogP contribution in [0.25, 0.3) is 0 Å². The number of nitrogens with one attached hydrogen (secondary N) is 2. The van der Waals surface area contributed by atoms with Gasteiger partial charge >= 0.3 is 0 Å². The van der Waals surface area contributed by atoms with E-state index in [0.29, 0.717) is 29.5 Å². The van der Waals surface area contributed by atoms with E-state index in [9.17, 15) is 9.59 Å². The Balaban J connectivity index is 1.62. The number of carbonyl (C=O) groups is 2. The summed E-state index contributed by atoms with van der Waals surface area (Å²) in [5.41, 5.74) is 1.77. The summed E-state index contributed by atoms with van der Waals surface area (Å²) in [5, 5.41) is 6.54. The summed E-state index contributed by atoms with van der Waals surface area (Å²) in [5.74, 6) is 1.35. The van der Waals surface area contributed by atoms with Crippen LogP contribution in [0, 0.1) is 12.8 Å². The number of methoxy groups -OCH3 is 1. The van der Waals surface area contributed by atoms with E-state index in [1.54, 1.807) is 7.11 Å². The molecule has 1 aromatic heterocycles. The minimum Gasteiger partial charge on any atom is -0.493 e. The molecule has 1 aliphatic carbocycles. The average Bonchev–Trinajstić information content (AvgIpc) is 3.44. The number of hydrogen-bond donors (Lipinski definition) is 2. The van der Waals surface area contributed by atoms with Gasteiger partial charge in [-0.15, -0.1) is 11.3 Å². The van der Waals surface area contributed by atoms with E-state index in [2.05, 4.69) is 10.6 Å². The Morgan fingerprint density at radius 2 is 2.00 bits per heavy atom. The van der Waals surface area contributed by atoms with Crippen molar-refractivity contribution in [2.75, 3.05) is 19.0 Å². The normalized spacial score (nSPS) is 13.1. The number of aryl methyl sites for hydroxylation is 1. The van der Waals surface area contributed by atoms with Crippen molar-refractivity contribution in [3.05, 3.63) is 40.3 Å². The molecule has 1 fully saturated rings. The summed E-state index contributed by atoms with van der Waals surface area (Å²) in [7, 11) is 1.59.